The van der Waals surface area contributed by atoms with E-state index in [-0.39, 0.29) is 13.2 Å². The molecule has 0 unspecified atom stereocenters. The molecule has 1 amide bonds. The number of nitrogens with zero attached hydrogens (tertiary/aromatic N) is 1. The van der Waals surface area contributed by atoms with Gasteiger partial charge in [0.2, 0.25) is 0 Å². The van der Waals surface area contributed by atoms with Gasteiger partial charge in [-0.05, 0) is 12.8 Å². The van der Waals surface area contributed by atoms with E-state index in [0.717, 1.165) is 0 Å². The van der Waals surface area contributed by atoms with Crippen LogP contribution in [0.3, 0.4) is 0 Å². The van der Waals surface area contributed by atoms with E-state index in [9.17, 15) is 26.7 Å². The molecule has 0 aromatic carbocycles. The van der Waals surface area contributed by atoms with Crippen LogP contribution in [0, 0.1) is 0 Å². The zero-order valence-electron chi connectivity index (χ0n) is 11.1. The van der Waals surface area contributed by atoms with Crippen molar-refractivity contribution in [1.82, 2.24) is 4.90 Å². The van der Waals surface area contributed by atoms with Gasteiger partial charge in [-0.15, -0.1) is 0 Å². The lowest BCUT2D eigenvalue weighted by molar-refractivity contribution is -0.275. The molecule has 0 bridgehead atoms. The molecule has 0 aliphatic heterocycles. The monoisotopic (exact) mass is 291 g/mol. The van der Waals surface area contributed by atoms with Crippen LogP contribution in [0.5, 0.6) is 0 Å². The zero-order chi connectivity index (χ0) is 15.3. The summed E-state index contributed by atoms with van der Waals surface area (Å²) in [5.74, 6) is -7.59. The quantitative estimate of drug-likeness (QED) is 0.675. The summed E-state index contributed by atoms with van der Waals surface area (Å²) in [4.78, 5) is 12.0. The van der Waals surface area contributed by atoms with E-state index < -0.39 is 24.0 Å². The average molecular weight is 291 g/mol. The largest absolute Gasteiger partial charge is 0.463 e. The fourth-order valence-corrected chi connectivity index (χ4v) is 1.67. The van der Waals surface area contributed by atoms with Crippen molar-refractivity contribution in [2.24, 2.45) is 0 Å². The Balaban J connectivity index is 5.20. The van der Waals surface area contributed by atoms with Gasteiger partial charge < -0.3 is 9.64 Å². The first-order valence-corrected chi connectivity index (χ1v) is 5.87. The van der Waals surface area contributed by atoms with Gasteiger partial charge in [-0.2, -0.15) is 22.0 Å². The fraction of sp³-hybridized carbons (Fsp3) is 0.909. The smallest absolute Gasteiger partial charge is 0.383 e. The van der Waals surface area contributed by atoms with Crippen molar-refractivity contribution >= 4 is 5.91 Å². The molecular weight excluding hydrogens is 273 g/mol. The normalized spacial score (nSPS) is 12.9. The van der Waals surface area contributed by atoms with Gasteiger partial charge in [0.05, 0.1) is 6.61 Å². The molecule has 0 aliphatic carbocycles. The van der Waals surface area contributed by atoms with Crippen molar-refractivity contribution in [3.8, 4) is 0 Å². The van der Waals surface area contributed by atoms with Gasteiger partial charge in [-0.1, -0.05) is 13.8 Å². The predicted molar refractivity (Wildman–Crippen MR) is 59.0 cm³/mol. The van der Waals surface area contributed by atoms with Crippen LogP contribution in [0.2, 0.25) is 0 Å². The first kappa shape index (κ1) is 18.1. The van der Waals surface area contributed by atoms with Crippen molar-refractivity contribution in [1.29, 1.82) is 0 Å². The van der Waals surface area contributed by atoms with Gasteiger partial charge in [0.1, 0.15) is 0 Å². The predicted octanol–water partition coefficient (Wildman–Crippen LogP) is 2.85. The van der Waals surface area contributed by atoms with E-state index in [2.05, 4.69) is 4.74 Å². The zero-order valence-corrected chi connectivity index (χ0v) is 11.1. The minimum Gasteiger partial charge on any atom is -0.383 e. The Hall–Kier alpha value is -0.920. The van der Waals surface area contributed by atoms with E-state index in [1.165, 1.54) is 7.11 Å². The van der Waals surface area contributed by atoms with Crippen molar-refractivity contribution in [3.63, 3.8) is 0 Å². The number of hydrogen-bond acceptors (Lipinski definition) is 2. The molecule has 0 fully saturated rings. The second-order valence-corrected chi connectivity index (χ2v) is 4.03. The van der Waals surface area contributed by atoms with E-state index in [0.29, 0.717) is 17.7 Å². The summed E-state index contributed by atoms with van der Waals surface area (Å²) in [5, 5.41) is 0. The topological polar surface area (TPSA) is 29.5 Å². The highest BCUT2D eigenvalue weighted by Gasteiger charge is 2.64. The Morgan fingerprint density at radius 2 is 1.63 bits per heavy atom. The van der Waals surface area contributed by atoms with Crippen LogP contribution in [-0.4, -0.2) is 49.2 Å². The lowest BCUT2D eigenvalue weighted by Crippen LogP contribution is -2.55. The highest BCUT2D eigenvalue weighted by atomic mass is 19.4. The molecule has 114 valence electrons. The highest BCUT2D eigenvalue weighted by molar-refractivity contribution is 5.84. The third kappa shape index (κ3) is 4.29. The van der Waals surface area contributed by atoms with Gasteiger partial charge in [-0.3, -0.25) is 4.79 Å². The van der Waals surface area contributed by atoms with Crippen LogP contribution < -0.4 is 0 Å². The molecule has 0 saturated heterocycles. The van der Waals surface area contributed by atoms with Crippen LogP contribution in [0.25, 0.3) is 0 Å². The standard InChI is InChI=1S/C11H18F5NO2/c1-4-8(5-2)17(6-7-19-3)9(18)10(12,13)11(14,15)16/h8H,4-7H2,1-3H3. The maximum atomic E-state index is 13.1. The third-order valence-electron chi connectivity index (χ3n) is 2.81. The summed E-state index contributed by atoms with van der Waals surface area (Å²) in [6, 6.07) is -0.670. The first-order valence-electron chi connectivity index (χ1n) is 5.87. The van der Waals surface area contributed by atoms with Crippen LogP contribution >= 0.6 is 0 Å². The van der Waals surface area contributed by atoms with E-state index >= 15 is 0 Å². The maximum absolute atomic E-state index is 13.1. The number of amides is 1. The summed E-state index contributed by atoms with van der Waals surface area (Å²) in [6.07, 6.45) is -5.30. The van der Waals surface area contributed by atoms with Gasteiger partial charge >= 0.3 is 18.0 Å². The maximum Gasteiger partial charge on any atom is 0.463 e. The molecule has 0 aromatic heterocycles. The van der Waals surface area contributed by atoms with Crippen molar-refractivity contribution < 1.29 is 31.5 Å². The van der Waals surface area contributed by atoms with Gasteiger partial charge in [0, 0.05) is 19.7 Å². The first-order chi connectivity index (χ1) is 8.63. The molecule has 0 heterocycles. The molecule has 19 heavy (non-hydrogen) atoms. The van der Waals surface area contributed by atoms with Crippen LogP contribution in [0.15, 0.2) is 0 Å². The molecule has 0 radical (unpaired) electrons. The second kappa shape index (κ2) is 7.02. The summed E-state index contributed by atoms with van der Waals surface area (Å²) in [7, 11) is 1.28. The molecule has 0 atom stereocenters. The molecule has 3 nitrogen and oxygen atoms in total. The second-order valence-electron chi connectivity index (χ2n) is 4.03. The molecular formula is C11H18F5NO2. The third-order valence-corrected chi connectivity index (χ3v) is 2.81. The fourth-order valence-electron chi connectivity index (χ4n) is 1.67. The molecule has 0 rings (SSSR count). The Bertz CT molecular complexity index is 289. The number of methoxy groups -OCH3 is 1. The number of hydrogen-bond donors (Lipinski definition) is 0. The molecule has 0 saturated carbocycles. The molecule has 0 aromatic rings. The Morgan fingerprint density at radius 3 is 1.95 bits per heavy atom. The number of rotatable bonds is 7. The Morgan fingerprint density at radius 1 is 1.16 bits per heavy atom. The van der Waals surface area contributed by atoms with Crippen LogP contribution in [0.1, 0.15) is 26.7 Å². The molecule has 0 N–H and O–H groups in total. The van der Waals surface area contributed by atoms with Crippen LogP contribution in [0.4, 0.5) is 22.0 Å². The van der Waals surface area contributed by atoms with E-state index in [4.69, 9.17) is 0 Å². The SMILES string of the molecule is CCC(CC)N(CCOC)C(=O)C(F)(F)C(F)(F)F. The minimum atomic E-state index is -5.89. The van der Waals surface area contributed by atoms with Gasteiger partial charge in [0.25, 0.3) is 0 Å². The highest BCUT2D eigenvalue weighted by Crippen LogP contribution is 2.37. The molecule has 0 spiro atoms. The lowest BCUT2D eigenvalue weighted by Gasteiger charge is -2.33. The van der Waals surface area contributed by atoms with E-state index in [1.807, 2.05) is 0 Å². The summed E-state index contributed by atoms with van der Waals surface area (Å²) < 4.78 is 67.4. The van der Waals surface area contributed by atoms with Gasteiger partial charge in [0.15, 0.2) is 0 Å². The Labute approximate surface area is 108 Å². The van der Waals surface area contributed by atoms with Crippen molar-refractivity contribution in [2.75, 3.05) is 20.3 Å². The average Bonchev–Trinajstić information content (AvgIpc) is 2.32. The minimum absolute atomic E-state index is 0.101. The number of halogens is 5. The van der Waals surface area contributed by atoms with Gasteiger partial charge in [-0.25, -0.2) is 0 Å². The summed E-state index contributed by atoms with van der Waals surface area (Å²) in [5.41, 5.74) is 0. The summed E-state index contributed by atoms with van der Waals surface area (Å²) in [6.45, 7) is 2.84. The molecule has 0 aliphatic rings. The van der Waals surface area contributed by atoms with Crippen molar-refractivity contribution in [3.05, 3.63) is 0 Å². The Kier molecular flexibility index (Phi) is 6.68. The van der Waals surface area contributed by atoms with E-state index in [1.54, 1.807) is 13.8 Å². The number of carbonyl (C=O) groups is 1. The number of ether oxygens (including phenoxy) is 1. The summed E-state index contributed by atoms with van der Waals surface area (Å²) >= 11 is 0. The van der Waals surface area contributed by atoms with Crippen molar-refractivity contribution in [2.45, 2.75) is 44.8 Å². The number of alkyl halides is 5. The lowest BCUT2D eigenvalue weighted by atomic mass is 10.1. The van der Waals surface area contributed by atoms with Crippen LogP contribution in [-0.2, 0) is 9.53 Å². The molecule has 8 heteroatoms. The number of carbonyl (C=O) groups excluding carboxylic acids is 1.